The van der Waals surface area contributed by atoms with Crippen LogP contribution in [0.5, 0.6) is 11.5 Å². The Bertz CT molecular complexity index is 1400. The highest BCUT2D eigenvalue weighted by atomic mass is 79.9. The molecule has 0 unspecified atom stereocenters. The lowest BCUT2D eigenvalue weighted by Gasteiger charge is -2.15. The zero-order valence-corrected chi connectivity index (χ0v) is 22.1. The summed E-state index contributed by atoms with van der Waals surface area (Å²) in [6, 6.07) is 21.3. The highest BCUT2D eigenvalue weighted by Gasteiger charge is 2.34. The quantitative estimate of drug-likeness (QED) is 0.293. The van der Waals surface area contributed by atoms with Crippen molar-refractivity contribution in [2.75, 3.05) is 7.11 Å². The van der Waals surface area contributed by atoms with Crippen molar-refractivity contribution in [1.82, 2.24) is 10.4 Å². The van der Waals surface area contributed by atoms with Crippen molar-refractivity contribution in [1.29, 1.82) is 5.26 Å². The number of carbonyl (C=O) groups is 2. The Hall–Kier alpha value is -3.65. The molecule has 4 rings (SSSR count). The minimum Gasteiger partial charge on any atom is -0.493 e. The summed E-state index contributed by atoms with van der Waals surface area (Å²) in [6.45, 7) is 0.278. The smallest absolute Gasteiger partial charge is 0.285 e. The van der Waals surface area contributed by atoms with Crippen molar-refractivity contribution in [2.45, 2.75) is 6.61 Å². The SMILES string of the molecule is COc1cc(/C=C2/SC(=S)N(NC(=O)c3ccccc3)C2=O)cc(Br)c1OCc1ccc(C#N)cc1. The Morgan fingerprint density at radius 3 is 2.58 bits per heavy atom. The summed E-state index contributed by atoms with van der Waals surface area (Å²) in [5, 5.41) is 10.0. The summed E-state index contributed by atoms with van der Waals surface area (Å²) in [5.41, 5.74) is 5.13. The van der Waals surface area contributed by atoms with E-state index >= 15 is 0 Å². The van der Waals surface area contributed by atoms with Gasteiger partial charge in [-0.2, -0.15) is 10.3 Å². The molecular formula is C26H18BrN3O4S2. The van der Waals surface area contributed by atoms with Crippen LogP contribution in [0.2, 0.25) is 0 Å². The van der Waals surface area contributed by atoms with E-state index in [1.165, 1.54) is 7.11 Å². The van der Waals surface area contributed by atoms with Crippen molar-refractivity contribution < 1.29 is 19.1 Å². The molecule has 1 heterocycles. The van der Waals surface area contributed by atoms with Gasteiger partial charge in [-0.3, -0.25) is 15.0 Å². The number of methoxy groups -OCH3 is 1. The van der Waals surface area contributed by atoms with Crippen LogP contribution in [0.3, 0.4) is 0 Å². The Morgan fingerprint density at radius 2 is 1.92 bits per heavy atom. The number of amides is 2. The molecule has 1 saturated heterocycles. The topological polar surface area (TPSA) is 91.7 Å². The number of carbonyl (C=O) groups excluding carboxylic acids is 2. The maximum Gasteiger partial charge on any atom is 0.285 e. The molecule has 2 amide bonds. The van der Waals surface area contributed by atoms with Crippen LogP contribution in [-0.4, -0.2) is 28.3 Å². The number of ether oxygens (including phenoxy) is 2. The number of thioether (sulfide) groups is 1. The second-order valence-corrected chi connectivity index (χ2v) is 9.99. The third-order valence-electron chi connectivity index (χ3n) is 5.06. The predicted octanol–water partition coefficient (Wildman–Crippen LogP) is 5.45. The lowest BCUT2D eigenvalue weighted by atomic mass is 10.1. The molecule has 0 spiro atoms. The standard InChI is InChI=1S/C26H18BrN3O4S2/c1-33-21-12-18(11-20(27)23(21)34-15-17-9-7-16(14-28)8-10-17)13-22-25(32)30(26(35)36-22)29-24(31)19-5-3-2-4-6-19/h2-13H,15H2,1H3,(H,29,31)/b22-13+. The number of thiocarbonyl (C=S) groups is 1. The van der Waals surface area contributed by atoms with Crippen LogP contribution in [-0.2, 0) is 11.4 Å². The molecule has 0 radical (unpaired) electrons. The fraction of sp³-hybridized carbons (Fsp3) is 0.0769. The summed E-state index contributed by atoms with van der Waals surface area (Å²) in [4.78, 5) is 25.8. The molecule has 1 aliphatic heterocycles. The lowest BCUT2D eigenvalue weighted by molar-refractivity contribution is -0.123. The van der Waals surface area contributed by atoms with Gasteiger partial charge in [0.15, 0.2) is 15.8 Å². The molecule has 1 fully saturated rings. The largest absolute Gasteiger partial charge is 0.493 e. The van der Waals surface area contributed by atoms with Gasteiger partial charge in [0, 0.05) is 5.56 Å². The number of rotatable bonds is 7. The molecule has 36 heavy (non-hydrogen) atoms. The molecule has 0 saturated carbocycles. The second-order valence-electron chi connectivity index (χ2n) is 7.46. The molecule has 0 bridgehead atoms. The molecule has 0 aliphatic carbocycles. The zero-order chi connectivity index (χ0) is 25.7. The third kappa shape index (κ3) is 5.76. The van der Waals surface area contributed by atoms with Crippen molar-refractivity contribution in [2.24, 2.45) is 0 Å². The maximum atomic E-state index is 12.9. The fourth-order valence-electron chi connectivity index (χ4n) is 3.27. The minimum absolute atomic E-state index is 0.226. The van der Waals surface area contributed by atoms with E-state index in [-0.39, 0.29) is 10.9 Å². The van der Waals surface area contributed by atoms with E-state index < -0.39 is 11.8 Å². The lowest BCUT2D eigenvalue weighted by Crippen LogP contribution is -2.44. The molecule has 10 heteroatoms. The average molecular weight is 580 g/mol. The number of nitrogens with one attached hydrogen (secondary N) is 1. The molecule has 3 aromatic carbocycles. The highest BCUT2D eigenvalue weighted by Crippen LogP contribution is 2.39. The molecule has 7 nitrogen and oxygen atoms in total. The fourth-order valence-corrected chi connectivity index (χ4v) is 5.02. The van der Waals surface area contributed by atoms with Gasteiger partial charge in [-0.25, -0.2) is 0 Å². The number of halogens is 1. The second kappa shape index (κ2) is 11.4. The minimum atomic E-state index is -0.429. The number of nitrogens with zero attached hydrogens (tertiary/aromatic N) is 2. The van der Waals surface area contributed by atoms with Gasteiger partial charge in [-0.05, 0) is 81.7 Å². The summed E-state index contributed by atoms with van der Waals surface area (Å²) in [5.74, 6) is 0.116. The first-order chi connectivity index (χ1) is 17.4. The molecule has 1 N–H and O–H groups in total. The molecular weight excluding hydrogens is 562 g/mol. The Kier molecular flexibility index (Phi) is 8.05. The van der Waals surface area contributed by atoms with E-state index in [0.717, 1.165) is 22.3 Å². The van der Waals surface area contributed by atoms with E-state index in [0.29, 0.717) is 37.6 Å². The number of hydrogen-bond donors (Lipinski definition) is 1. The first-order valence-corrected chi connectivity index (χ1v) is 12.5. The van der Waals surface area contributed by atoms with Crippen LogP contribution in [0.4, 0.5) is 0 Å². The van der Waals surface area contributed by atoms with Crippen LogP contribution in [0, 0.1) is 11.3 Å². The average Bonchev–Trinajstić information content (AvgIpc) is 3.15. The van der Waals surface area contributed by atoms with Crippen molar-refractivity contribution >= 4 is 62.1 Å². The van der Waals surface area contributed by atoms with Crippen molar-refractivity contribution in [3.63, 3.8) is 0 Å². The van der Waals surface area contributed by atoms with Crippen LogP contribution in [0.15, 0.2) is 76.1 Å². The van der Waals surface area contributed by atoms with Gasteiger partial charge in [-0.15, -0.1) is 0 Å². The highest BCUT2D eigenvalue weighted by molar-refractivity contribution is 9.10. The summed E-state index contributed by atoms with van der Waals surface area (Å²) in [7, 11) is 1.53. The van der Waals surface area contributed by atoms with E-state index in [1.807, 2.05) is 12.1 Å². The monoisotopic (exact) mass is 579 g/mol. The van der Waals surface area contributed by atoms with Crippen molar-refractivity contribution in [3.8, 4) is 17.6 Å². The Balaban J connectivity index is 1.50. The Labute approximate surface area is 225 Å². The number of hydrogen-bond acceptors (Lipinski definition) is 7. The van der Waals surface area contributed by atoms with Gasteiger partial charge in [0.25, 0.3) is 11.8 Å². The van der Waals surface area contributed by atoms with E-state index in [2.05, 4.69) is 27.4 Å². The van der Waals surface area contributed by atoms with Crippen LogP contribution < -0.4 is 14.9 Å². The number of benzene rings is 3. The van der Waals surface area contributed by atoms with Gasteiger partial charge in [0.05, 0.1) is 28.1 Å². The summed E-state index contributed by atoms with van der Waals surface area (Å²) < 4.78 is 12.3. The molecule has 180 valence electrons. The molecule has 0 aromatic heterocycles. The predicted molar refractivity (Wildman–Crippen MR) is 145 cm³/mol. The third-order valence-corrected chi connectivity index (χ3v) is 6.95. The van der Waals surface area contributed by atoms with Gasteiger partial charge in [0.1, 0.15) is 6.61 Å². The van der Waals surface area contributed by atoms with Crippen LogP contribution >= 0.6 is 39.9 Å². The van der Waals surface area contributed by atoms with E-state index in [1.54, 1.807) is 60.7 Å². The van der Waals surface area contributed by atoms with E-state index in [9.17, 15) is 9.59 Å². The van der Waals surface area contributed by atoms with Gasteiger partial charge in [-0.1, -0.05) is 42.1 Å². The first-order valence-electron chi connectivity index (χ1n) is 10.5. The van der Waals surface area contributed by atoms with Gasteiger partial charge >= 0.3 is 0 Å². The summed E-state index contributed by atoms with van der Waals surface area (Å²) in [6.07, 6.45) is 1.67. The first kappa shape index (κ1) is 25.4. The normalized spacial score (nSPS) is 14.0. The Morgan fingerprint density at radius 1 is 1.19 bits per heavy atom. The summed E-state index contributed by atoms with van der Waals surface area (Å²) >= 11 is 9.92. The molecule has 0 atom stereocenters. The van der Waals surface area contributed by atoms with Crippen molar-refractivity contribution in [3.05, 3.63) is 98.4 Å². The van der Waals surface area contributed by atoms with Gasteiger partial charge < -0.3 is 9.47 Å². The van der Waals surface area contributed by atoms with E-state index in [4.69, 9.17) is 27.0 Å². The molecule has 3 aromatic rings. The number of nitriles is 1. The number of hydrazine groups is 1. The maximum absolute atomic E-state index is 12.9. The van der Waals surface area contributed by atoms with Crippen LogP contribution in [0.1, 0.15) is 27.0 Å². The van der Waals surface area contributed by atoms with Gasteiger partial charge in [0.2, 0.25) is 0 Å². The molecule has 1 aliphatic rings. The zero-order valence-electron chi connectivity index (χ0n) is 18.9. The van der Waals surface area contributed by atoms with Crippen LogP contribution in [0.25, 0.3) is 6.08 Å².